The Morgan fingerprint density at radius 2 is 1.90 bits per heavy atom. The van der Waals surface area contributed by atoms with E-state index in [1.807, 2.05) is 19.1 Å². The summed E-state index contributed by atoms with van der Waals surface area (Å²) in [5.74, 6) is 1.42. The Morgan fingerprint density at radius 1 is 1.24 bits per heavy atom. The van der Waals surface area contributed by atoms with Crippen molar-refractivity contribution in [2.75, 3.05) is 17.6 Å². The maximum Gasteiger partial charge on any atom is 0.251 e. The van der Waals surface area contributed by atoms with Gasteiger partial charge in [-0.1, -0.05) is 13.8 Å². The predicted molar refractivity (Wildman–Crippen MR) is 88.5 cm³/mol. The molecule has 4 heteroatoms. The molecule has 1 aromatic rings. The number of nitrogen functional groups attached to an aromatic ring is 1. The molecule has 1 aromatic carbocycles. The Hall–Kier alpha value is -1.71. The van der Waals surface area contributed by atoms with Crippen LogP contribution in [0, 0.1) is 11.8 Å². The smallest absolute Gasteiger partial charge is 0.251 e. The predicted octanol–water partition coefficient (Wildman–Crippen LogP) is 3.26. The van der Waals surface area contributed by atoms with Crippen molar-refractivity contribution in [3.63, 3.8) is 0 Å². The highest BCUT2D eigenvalue weighted by Gasteiger charge is 2.24. The van der Waals surface area contributed by atoms with Gasteiger partial charge in [0.05, 0.1) is 11.4 Å². The summed E-state index contributed by atoms with van der Waals surface area (Å²) >= 11 is 0. The van der Waals surface area contributed by atoms with Crippen LogP contribution >= 0.6 is 0 Å². The van der Waals surface area contributed by atoms with E-state index in [4.69, 9.17) is 5.73 Å². The number of rotatable bonds is 4. The fourth-order valence-electron chi connectivity index (χ4n) is 3.37. The van der Waals surface area contributed by atoms with Gasteiger partial charge in [-0.05, 0) is 56.2 Å². The fourth-order valence-corrected chi connectivity index (χ4v) is 3.37. The molecule has 2 atom stereocenters. The SMILES string of the molecule is CCNC(=O)c1ccc(N)c(NC2CC(C)CC(C)C2)c1. The average molecular weight is 289 g/mol. The van der Waals surface area contributed by atoms with Crippen molar-refractivity contribution in [1.29, 1.82) is 0 Å². The number of nitrogens with two attached hydrogens (primary N) is 1. The molecular weight excluding hydrogens is 262 g/mol. The molecule has 4 N–H and O–H groups in total. The molecular formula is C17H27N3O. The first kappa shape index (κ1) is 15.7. The Labute approximate surface area is 127 Å². The van der Waals surface area contributed by atoms with Gasteiger partial charge in [0.15, 0.2) is 0 Å². The molecule has 4 nitrogen and oxygen atoms in total. The van der Waals surface area contributed by atoms with Crippen molar-refractivity contribution in [2.45, 2.75) is 46.1 Å². The molecule has 0 radical (unpaired) electrons. The number of hydrogen-bond donors (Lipinski definition) is 3. The topological polar surface area (TPSA) is 67.2 Å². The van der Waals surface area contributed by atoms with E-state index in [0.717, 1.165) is 30.4 Å². The van der Waals surface area contributed by atoms with E-state index >= 15 is 0 Å². The normalized spacial score (nSPS) is 25.4. The van der Waals surface area contributed by atoms with E-state index < -0.39 is 0 Å². The Morgan fingerprint density at radius 3 is 2.52 bits per heavy atom. The highest BCUT2D eigenvalue weighted by Crippen LogP contribution is 2.32. The molecule has 1 aliphatic rings. The van der Waals surface area contributed by atoms with Crippen LogP contribution in [0.1, 0.15) is 50.4 Å². The molecule has 1 aliphatic carbocycles. The lowest BCUT2D eigenvalue weighted by molar-refractivity contribution is 0.0956. The van der Waals surface area contributed by atoms with Crippen LogP contribution in [-0.2, 0) is 0 Å². The van der Waals surface area contributed by atoms with E-state index in [0.29, 0.717) is 23.8 Å². The highest BCUT2D eigenvalue weighted by molar-refractivity contribution is 5.96. The molecule has 0 spiro atoms. The first-order valence-electron chi connectivity index (χ1n) is 7.93. The van der Waals surface area contributed by atoms with Crippen LogP contribution in [0.15, 0.2) is 18.2 Å². The van der Waals surface area contributed by atoms with E-state index in [2.05, 4.69) is 24.5 Å². The molecule has 0 aromatic heterocycles. The zero-order valence-electron chi connectivity index (χ0n) is 13.3. The summed E-state index contributed by atoms with van der Waals surface area (Å²) in [6.07, 6.45) is 3.62. The molecule has 1 saturated carbocycles. The largest absolute Gasteiger partial charge is 0.397 e. The van der Waals surface area contributed by atoms with Gasteiger partial charge < -0.3 is 16.4 Å². The van der Waals surface area contributed by atoms with Gasteiger partial charge in [-0.2, -0.15) is 0 Å². The van der Waals surface area contributed by atoms with Gasteiger partial charge in [0.25, 0.3) is 5.91 Å². The van der Waals surface area contributed by atoms with Gasteiger partial charge in [0.1, 0.15) is 0 Å². The van der Waals surface area contributed by atoms with Crippen LogP contribution < -0.4 is 16.4 Å². The van der Waals surface area contributed by atoms with E-state index in [1.165, 1.54) is 6.42 Å². The van der Waals surface area contributed by atoms with Crippen LogP contribution in [0.2, 0.25) is 0 Å². The van der Waals surface area contributed by atoms with Crippen molar-refractivity contribution < 1.29 is 4.79 Å². The van der Waals surface area contributed by atoms with Crippen molar-refractivity contribution in [3.05, 3.63) is 23.8 Å². The molecule has 21 heavy (non-hydrogen) atoms. The van der Waals surface area contributed by atoms with Crippen molar-refractivity contribution in [1.82, 2.24) is 5.32 Å². The third-order valence-corrected chi connectivity index (χ3v) is 4.19. The Kier molecular flexibility index (Phi) is 5.10. The summed E-state index contributed by atoms with van der Waals surface area (Å²) in [6, 6.07) is 5.89. The standard InChI is InChI=1S/C17H27N3O/c1-4-19-17(21)13-5-6-15(18)16(10-13)20-14-8-11(2)7-12(3)9-14/h5-6,10-12,14,20H,4,7-9,18H2,1-3H3,(H,19,21). The molecule has 0 bridgehead atoms. The van der Waals surface area contributed by atoms with Gasteiger partial charge in [0.2, 0.25) is 0 Å². The van der Waals surface area contributed by atoms with Crippen molar-refractivity contribution in [2.24, 2.45) is 11.8 Å². The lowest BCUT2D eigenvalue weighted by atomic mass is 9.80. The Bertz CT molecular complexity index is 491. The number of hydrogen-bond acceptors (Lipinski definition) is 3. The van der Waals surface area contributed by atoms with Crippen LogP contribution in [0.4, 0.5) is 11.4 Å². The van der Waals surface area contributed by atoms with E-state index in [9.17, 15) is 4.79 Å². The number of carbonyl (C=O) groups excluding carboxylic acids is 1. The zero-order chi connectivity index (χ0) is 15.4. The van der Waals surface area contributed by atoms with Crippen LogP contribution in [0.5, 0.6) is 0 Å². The van der Waals surface area contributed by atoms with Gasteiger partial charge in [-0.15, -0.1) is 0 Å². The second kappa shape index (κ2) is 6.83. The molecule has 1 fully saturated rings. The lowest BCUT2D eigenvalue weighted by Crippen LogP contribution is -2.30. The first-order chi connectivity index (χ1) is 9.99. The van der Waals surface area contributed by atoms with Gasteiger partial charge in [0, 0.05) is 18.2 Å². The Balaban J connectivity index is 2.11. The molecule has 2 unspecified atom stereocenters. The van der Waals surface area contributed by atoms with Gasteiger partial charge in [-0.25, -0.2) is 0 Å². The number of amides is 1. The molecule has 0 saturated heterocycles. The second-order valence-corrected chi connectivity index (χ2v) is 6.42. The summed E-state index contributed by atoms with van der Waals surface area (Å²) < 4.78 is 0. The molecule has 0 heterocycles. The van der Waals surface area contributed by atoms with Crippen molar-refractivity contribution >= 4 is 17.3 Å². The number of benzene rings is 1. The molecule has 1 amide bonds. The van der Waals surface area contributed by atoms with Crippen LogP contribution in [-0.4, -0.2) is 18.5 Å². The fraction of sp³-hybridized carbons (Fsp3) is 0.588. The summed E-state index contributed by atoms with van der Waals surface area (Å²) in [4.78, 5) is 11.9. The minimum Gasteiger partial charge on any atom is -0.397 e. The lowest BCUT2D eigenvalue weighted by Gasteiger charge is -2.33. The second-order valence-electron chi connectivity index (χ2n) is 6.42. The maximum atomic E-state index is 11.9. The zero-order valence-corrected chi connectivity index (χ0v) is 13.3. The van der Waals surface area contributed by atoms with E-state index in [-0.39, 0.29) is 5.91 Å². The molecule has 2 rings (SSSR count). The number of nitrogens with one attached hydrogen (secondary N) is 2. The summed E-state index contributed by atoms with van der Waals surface area (Å²) in [5, 5.41) is 6.36. The van der Waals surface area contributed by atoms with Gasteiger partial charge >= 0.3 is 0 Å². The average Bonchev–Trinajstić information content (AvgIpc) is 2.40. The number of anilines is 2. The maximum absolute atomic E-state index is 11.9. The van der Waals surface area contributed by atoms with Crippen LogP contribution in [0.3, 0.4) is 0 Å². The first-order valence-corrected chi connectivity index (χ1v) is 7.93. The highest BCUT2D eigenvalue weighted by atomic mass is 16.1. The third kappa shape index (κ3) is 4.13. The van der Waals surface area contributed by atoms with Gasteiger partial charge in [-0.3, -0.25) is 4.79 Å². The molecule has 116 valence electrons. The van der Waals surface area contributed by atoms with E-state index in [1.54, 1.807) is 6.07 Å². The quantitative estimate of drug-likeness (QED) is 0.745. The summed E-state index contributed by atoms with van der Waals surface area (Å²) in [6.45, 7) is 7.15. The minimum absolute atomic E-state index is 0.0501. The van der Waals surface area contributed by atoms with Crippen molar-refractivity contribution in [3.8, 4) is 0 Å². The van der Waals surface area contributed by atoms with Crippen LogP contribution in [0.25, 0.3) is 0 Å². The minimum atomic E-state index is -0.0501. The summed E-state index contributed by atoms with van der Waals surface area (Å²) in [5.41, 5.74) is 8.30. The third-order valence-electron chi connectivity index (χ3n) is 4.19. The number of carbonyl (C=O) groups is 1. The molecule has 0 aliphatic heterocycles. The summed E-state index contributed by atoms with van der Waals surface area (Å²) in [7, 11) is 0. The monoisotopic (exact) mass is 289 g/mol.